The monoisotopic (exact) mass is 259 g/mol. The Labute approximate surface area is 99.1 Å². The average Bonchev–Trinajstić information content (AvgIpc) is 2.18. The van der Waals surface area contributed by atoms with E-state index in [0.717, 1.165) is 0 Å². The van der Waals surface area contributed by atoms with Gasteiger partial charge >= 0.3 is 5.97 Å². The van der Waals surface area contributed by atoms with Gasteiger partial charge in [0.1, 0.15) is 5.75 Å². The van der Waals surface area contributed by atoms with Crippen LogP contribution in [-0.2, 0) is 14.8 Å². The van der Waals surface area contributed by atoms with Crippen molar-refractivity contribution in [2.45, 2.75) is 18.7 Å². The molecule has 0 radical (unpaired) electrons. The predicted octanol–water partition coefficient (Wildman–Crippen LogP) is 0.414. The summed E-state index contributed by atoms with van der Waals surface area (Å²) in [5.74, 6) is -0.769. The van der Waals surface area contributed by atoms with Crippen LogP contribution in [0.2, 0.25) is 0 Å². The van der Waals surface area contributed by atoms with Crippen molar-refractivity contribution in [1.82, 2.24) is 0 Å². The molecular weight excluding hydrogens is 246 g/mol. The zero-order valence-corrected chi connectivity index (χ0v) is 10.2. The first-order valence-corrected chi connectivity index (χ1v) is 6.25. The van der Waals surface area contributed by atoms with E-state index in [0.29, 0.717) is 16.9 Å². The molecule has 0 saturated heterocycles. The second-order valence-electron chi connectivity index (χ2n) is 3.54. The maximum absolute atomic E-state index is 11.2. The number of aliphatic carboxylic acids is 1. The van der Waals surface area contributed by atoms with Gasteiger partial charge in [-0.25, -0.2) is 18.4 Å². The van der Waals surface area contributed by atoms with Gasteiger partial charge in [-0.3, -0.25) is 0 Å². The first-order valence-electron chi connectivity index (χ1n) is 4.71. The molecule has 0 aliphatic carbocycles. The minimum Gasteiger partial charge on any atom is -0.482 e. The number of carbonyl (C=O) groups is 1. The molecule has 0 aliphatic heterocycles. The standard InChI is InChI=1S/C10H13NO5S/c1-6-7(2)9(17(11,14)15)4-3-8(6)16-5-10(12)13/h3-4H,5H2,1-2H3,(H,12,13)(H2,11,14,15). The second kappa shape index (κ2) is 4.72. The summed E-state index contributed by atoms with van der Waals surface area (Å²) in [6.45, 7) is 2.75. The number of carboxylic acids is 1. The fraction of sp³-hybridized carbons (Fsp3) is 0.300. The van der Waals surface area contributed by atoms with Crippen molar-refractivity contribution >= 4 is 16.0 Å². The Balaban J connectivity index is 3.16. The van der Waals surface area contributed by atoms with Crippen LogP contribution in [0, 0.1) is 13.8 Å². The van der Waals surface area contributed by atoms with Gasteiger partial charge in [0.05, 0.1) is 4.90 Å². The highest BCUT2D eigenvalue weighted by Gasteiger charge is 2.15. The number of ether oxygens (including phenoxy) is 1. The lowest BCUT2D eigenvalue weighted by atomic mass is 10.1. The molecule has 0 aromatic heterocycles. The number of hydrogen-bond donors (Lipinski definition) is 2. The molecule has 6 nitrogen and oxygen atoms in total. The Bertz CT molecular complexity index is 550. The van der Waals surface area contributed by atoms with Crippen molar-refractivity contribution in [3.8, 4) is 5.75 Å². The molecule has 0 heterocycles. The van der Waals surface area contributed by atoms with Crippen molar-refractivity contribution < 1.29 is 23.1 Å². The van der Waals surface area contributed by atoms with Crippen molar-refractivity contribution in [1.29, 1.82) is 0 Å². The van der Waals surface area contributed by atoms with E-state index in [9.17, 15) is 13.2 Å². The van der Waals surface area contributed by atoms with Gasteiger partial charge in [0.15, 0.2) is 6.61 Å². The minimum absolute atomic E-state index is 0.0117. The molecule has 17 heavy (non-hydrogen) atoms. The third-order valence-electron chi connectivity index (χ3n) is 2.35. The summed E-state index contributed by atoms with van der Waals surface area (Å²) in [7, 11) is -3.78. The Morgan fingerprint density at radius 3 is 2.41 bits per heavy atom. The third-order valence-corrected chi connectivity index (χ3v) is 3.40. The summed E-state index contributed by atoms with van der Waals surface area (Å²) >= 11 is 0. The molecule has 1 aromatic carbocycles. The van der Waals surface area contributed by atoms with E-state index in [1.807, 2.05) is 0 Å². The highest BCUT2D eigenvalue weighted by molar-refractivity contribution is 7.89. The zero-order valence-electron chi connectivity index (χ0n) is 9.43. The SMILES string of the molecule is Cc1c(OCC(=O)O)ccc(S(N)(=O)=O)c1C. The number of nitrogens with two attached hydrogens (primary N) is 1. The van der Waals surface area contributed by atoms with E-state index < -0.39 is 22.6 Å². The van der Waals surface area contributed by atoms with Gasteiger partial charge in [-0.1, -0.05) is 0 Å². The Hall–Kier alpha value is -1.60. The normalized spacial score (nSPS) is 11.2. The molecule has 94 valence electrons. The number of rotatable bonds is 4. The maximum atomic E-state index is 11.2. The van der Waals surface area contributed by atoms with Crippen LogP contribution in [0.5, 0.6) is 5.75 Å². The molecule has 0 unspecified atom stereocenters. The van der Waals surface area contributed by atoms with Crippen LogP contribution in [0.15, 0.2) is 17.0 Å². The minimum atomic E-state index is -3.78. The molecular formula is C10H13NO5S. The van der Waals surface area contributed by atoms with Gasteiger partial charge in [0, 0.05) is 0 Å². The number of sulfonamides is 1. The molecule has 0 spiro atoms. The van der Waals surface area contributed by atoms with Crippen LogP contribution in [0.1, 0.15) is 11.1 Å². The lowest BCUT2D eigenvalue weighted by Crippen LogP contribution is -2.15. The molecule has 0 atom stereocenters. The molecule has 1 aromatic rings. The van der Waals surface area contributed by atoms with Gasteiger partial charge in [-0.15, -0.1) is 0 Å². The summed E-state index contributed by atoms with van der Waals surface area (Å²) in [6.07, 6.45) is 0. The maximum Gasteiger partial charge on any atom is 0.341 e. The smallest absolute Gasteiger partial charge is 0.341 e. The Morgan fingerprint density at radius 2 is 1.94 bits per heavy atom. The largest absolute Gasteiger partial charge is 0.482 e. The van der Waals surface area contributed by atoms with Gasteiger partial charge in [-0.2, -0.15) is 0 Å². The van der Waals surface area contributed by atoms with Crippen LogP contribution in [0.3, 0.4) is 0 Å². The molecule has 0 fully saturated rings. The molecule has 0 aliphatic rings. The fourth-order valence-electron chi connectivity index (χ4n) is 1.38. The Kier molecular flexibility index (Phi) is 3.74. The van der Waals surface area contributed by atoms with Gasteiger partial charge < -0.3 is 9.84 Å². The summed E-state index contributed by atoms with van der Waals surface area (Å²) in [4.78, 5) is 10.4. The Morgan fingerprint density at radius 1 is 1.35 bits per heavy atom. The van der Waals surface area contributed by atoms with Crippen LogP contribution >= 0.6 is 0 Å². The van der Waals surface area contributed by atoms with Crippen molar-refractivity contribution in [3.05, 3.63) is 23.3 Å². The van der Waals surface area contributed by atoms with E-state index in [1.54, 1.807) is 13.8 Å². The van der Waals surface area contributed by atoms with Crippen LogP contribution < -0.4 is 9.88 Å². The van der Waals surface area contributed by atoms with Crippen molar-refractivity contribution in [2.24, 2.45) is 5.14 Å². The molecule has 0 bridgehead atoms. The summed E-state index contributed by atoms with van der Waals surface area (Å²) in [6, 6.07) is 2.69. The molecule has 7 heteroatoms. The van der Waals surface area contributed by atoms with E-state index in [4.69, 9.17) is 15.0 Å². The molecule has 1 rings (SSSR count). The van der Waals surface area contributed by atoms with Crippen molar-refractivity contribution in [3.63, 3.8) is 0 Å². The number of carboxylic acid groups (broad SMARTS) is 1. The van der Waals surface area contributed by atoms with Gasteiger partial charge in [0.25, 0.3) is 0 Å². The zero-order chi connectivity index (χ0) is 13.2. The number of hydrogen-bond acceptors (Lipinski definition) is 4. The summed E-state index contributed by atoms with van der Waals surface area (Å²) in [5, 5.41) is 13.5. The van der Waals surface area contributed by atoms with E-state index >= 15 is 0 Å². The predicted molar refractivity (Wildman–Crippen MR) is 60.4 cm³/mol. The highest BCUT2D eigenvalue weighted by Crippen LogP contribution is 2.26. The number of benzene rings is 1. The first-order chi connectivity index (χ1) is 7.73. The highest BCUT2D eigenvalue weighted by atomic mass is 32.2. The molecule has 0 saturated carbocycles. The van der Waals surface area contributed by atoms with Crippen LogP contribution in [0.4, 0.5) is 0 Å². The average molecular weight is 259 g/mol. The number of primary sulfonamides is 1. The van der Waals surface area contributed by atoms with Crippen LogP contribution in [-0.4, -0.2) is 26.1 Å². The molecule has 0 amide bonds. The summed E-state index contributed by atoms with van der Waals surface area (Å²) in [5.41, 5.74) is 1.01. The lowest BCUT2D eigenvalue weighted by molar-refractivity contribution is -0.139. The second-order valence-corrected chi connectivity index (χ2v) is 5.07. The first kappa shape index (κ1) is 13.5. The van der Waals surface area contributed by atoms with Gasteiger partial charge in [0.2, 0.25) is 10.0 Å². The lowest BCUT2D eigenvalue weighted by Gasteiger charge is -2.12. The molecule has 3 N–H and O–H groups in total. The van der Waals surface area contributed by atoms with Crippen LogP contribution in [0.25, 0.3) is 0 Å². The fourth-order valence-corrected chi connectivity index (χ4v) is 2.21. The quantitative estimate of drug-likeness (QED) is 0.814. The van der Waals surface area contributed by atoms with Gasteiger partial charge in [-0.05, 0) is 37.1 Å². The summed E-state index contributed by atoms with van der Waals surface area (Å²) < 4.78 is 27.5. The van der Waals surface area contributed by atoms with E-state index in [-0.39, 0.29) is 4.90 Å². The topological polar surface area (TPSA) is 107 Å². The third kappa shape index (κ3) is 3.18. The van der Waals surface area contributed by atoms with E-state index in [1.165, 1.54) is 12.1 Å². The van der Waals surface area contributed by atoms with E-state index in [2.05, 4.69) is 0 Å². The van der Waals surface area contributed by atoms with Crippen molar-refractivity contribution in [2.75, 3.05) is 6.61 Å².